The number of hydrogen-bond acceptors (Lipinski definition) is 3. The molecule has 2 aromatic rings. The predicted molar refractivity (Wildman–Crippen MR) is 95.1 cm³/mol. The first-order valence-electron chi connectivity index (χ1n) is 8.92. The van der Waals surface area contributed by atoms with E-state index < -0.39 is 18.5 Å². The molecule has 0 unspecified atom stereocenters. The fourth-order valence-electron chi connectivity index (χ4n) is 4.22. The van der Waals surface area contributed by atoms with Crippen molar-refractivity contribution in [3.63, 3.8) is 0 Å². The topological polar surface area (TPSA) is 59.2 Å². The molecule has 1 aromatic carbocycles. The third kappa shape index (κ3) is 3.56. The fraction of sp³-hybridized carbons (Fsp3) is 0.400. The van der Waals surface area contributed by atoms with Crippen LogP contribution in [0.4, 0.5) is 13.2 Å². The molecule has 1 saturated carbocycles. The summed E-state index contributed by atoms with van der Waals surface area (Å²) in [6, 6.07) is 9.73. The molecule has 2 heterocycles. The maximum absolute atomic E-state index is 12.5. The molecular formula is C20H20F3N3O. The molecule has 0 spiro atoms. The summed E-state index contributed by atoms with van der Waals surface area (Å²) in [7, 11) is 0. The van der Waals surface area contributed by atoms with Crippen LogP contribution in [-0.4, -0.2) is 41.6 Å². The average Bonchev–Trinajstić information content (AvgIpc) is 3.21. The number of fused-ring (bicyclic) bond motifs is 1. The summed E-state index contributed by atoms with van der Waals surface area (Å²) < 4.78 is 37.4. The Hall–Kier alpha value is -2.41. The Morgan fingerprint density at radius 3 is 2.63 bits per heavy atom. The number of halogens is 3. The van der Waals surface area contributed by atoms with E-state index in [0.717, 1.165) is 24.1 Å². The van der Waals surface area contributed by atoms with Gasteiger partial charge >= 0.3 is 6.18 Å². The van der Waals surface area contributed by atoms with Gasteiger partial charge in [-0.1, -0.05) is 24.3 Å². The van der Waals surface area contributed by atoms with Gasteiger partial charge in [0.25, 0.3) is 0 Å². The fourth-order valence-corrected chi connectivity index (χ4v) is 4.22. The molecule has 1 aliphatic carbocycles. The smallest absolute Gasteiger partial charge is 0.366 e. The highest BCUT2D eigenvalue weighted by molar-refractivity contribution is 5.93. The first-order valence-corrected chi connectivity index (χ1v) is 8.92. The number of amides is 1. The first-order chi connectivity index (χ1) is 12.8. The minimum Gasteiger partial charge on any atom is -0.366 e. The van der Waals surface area contributed by atoms with Crippen LogP contribution in [0.2, 0.25) is 0 Å². The maximum atomic E-state index is 12.5. The molecule has 0 bridgehead atoms. The van der Waals surface area contributed by atoms with Crippen LogP contribution < -0.4 is 5.73 Å². The molecule has 1 amide bonds. The van der Waals surface area contributed by atoms with E-state index >= 15 is 0 Å². The Bertz CT molecular complexity index is 866. The zero-order valence-electron chi connectivity index (χ0n) is 14.7. The number of alkyl halides is 3. The summed E-state index contributed by atoms with van der Waals surface area (Å²) in [6.45, 7) is 1.50. The van der Waals surface area contributed by atoms with E-state index in [-0.39, 0.29) is 12.0 Å². The first kappa shape index (κ1) is 18.0. The van der Waals surface area contributed by atoms with E-state index in [9.17, 15) is 18.0 Å². The van der Waals surface area contributed by atoms with Gasteiger partial charge in [-0.05, 0) is 29.5 Å². The minimum atomic E-state index is -4.10. The number of nitrogens with zero attached hydrogens (tertiary/aromatic N) is 2. The lowest BCUT2D eigenvalue weighted by atomic mass is 9.93. The van der Waals surface area contributed by atoms with E-state index in [0.29, 0.717) is 18.0 Å². The summed E-state index contributed by atoms with van der Waals surface area (Å²) in [6.07, 6.45) is -0.712. The molecule has 142 valence electrons. The molecule has 7 heteroatoms. The van der Waals surface area contributed by atoms with Gasteiger partial charge in [-0.2, -0.15) is 13.2 Å². The number of nitrogens with two attached hydrogens (primary N) is 1. The van der Waals surface area contributed by atoms with Crippen molar-refractivity contribution in [2.75, 3.05) is 19.6 Å². The van der Waals surface area contributed by atoms with Gasteiger partial charge in [-0.25, -0.2) is 0 Å². The number of carbonyl (C=O) groups is 1. The van der Waals surface area contributed by atoms with Gasteiger partial charge in [-0.3, -0.25) is 9.78 Å². The van der Waals surface area contributed by atoms with E-state index in [1.165, 1.54) is 11.8 Å². The molecule has 2 N–H and O–H groups in total. The summed E-state index contributed by atoms with van der Waals surface area (Å²) in [5.41, 5.74) is 8.56. The van der Waals surface area contributed by atoms with Gasteiger partial charge in [-0.15, -0.1) is 0 Å². The van der Waals surface area contributed by atoms with Crippen molar-refractivity contribution < 1.29 is 18.0 Å². The lowest BCUT2D eigenvalue weighted by Crippen LogP contribution is -2.30. The Balaban J connectivity index is 1.47. The van der Waals surface area contributed by atoms with Crippen molar-refractivity contribution in [1.29, 1.82) is 0 Å². The van der Waals surface area contributed by atoms with Crippen molar-refractivity contribution in [3.05, 3.63) is 53.9 Å². The molecule has 2 atom stereocenters. The second kappa shape index (κ2) is 6.34. The second-order valence-corrected chi connectivity index (χ2v) is 7.56. The normalized spacial score (nSPS) is 24.6. The molecule has 2 fully saturated rings. The van der Waals surface area contributed by atoms with Gasteiger partial charge in [0.15, 0.2) is 0 Å². The van der Waals surface area contributed by atoms with Crippen LogP contribution >= 0.6 is 0 Å². The monoisotopic (exact) mass is 375 g/mol. The summed E-state index contributed by atoms with van der Waals surface area (Å²) in [5.74, 6) is -0.0815. The van der Waals surface area contributed by atoms with Gasteiger partial charge < -0.3 is 10.6 Å². The highest BCUT2D eigenvalue weighted by atomic mass is 19.4. The number of pyridine rings is 1. The van der Waals surface area contributed by atoms with Crippen molar-refractivity contribution >= 4 is 5.91 Å². The van der Waals surface area contributed by atoms with Gasteiger partial charge in [0.1, 0.15) is 0 Å². The minimum absolute atomic E-state index is 0.00253. The average molecular weight is 375 g/mol. The third-order valence-electron chi connectivity index (χ3n) is 5.74. The molecule has 4 rings (SSSR count). The van der Waals surface area contributed by atoms with E-state index in [1.807, 2.05) is 29.2 Å². The molecule has 4 nitrogen and oxygen atoms in total. The predicted octanol–water partition coefficient (Wildman–Crippen LogP) is 3.37. The Morgan fingerprint density at radius 2 is 1.96 bits per heavy atom. The highest BCUT2D eigenvalue weighted by Gasteiger charge is 2.60. The molecule has 1 saturated heterocycles. The van der Waals surface area contributed by atoms with Crippen LogP contribution in [0.15, 0.2) is 42.7 Å². The van der Waals surface area contributed by atoms with Crippen LogP contribution in [0.5, 0.6) is 0 Å². The highest BCUT2D eigenvalue weighted by Crippen LogP contribution is 2.59. The van der Waals surface area contributed by atoms with Crippen molar-refractivity contribution in [2.24, 2.45) is 11.7 Å². The van der Waals surface area contributed by atoms with Crippen LogP contribution in [0.3, 0.4) is 0 Å². The quantitative estimate of drug-likeness (QED) is 0.872. The number of aromatic nitrogens is 1. The second-order valence-electron chi connectivity index (χ2n) is 7.56. The van der Waals surface area contributed by atoms with Gasteiger partial charge in [0.2, 0.25) is 5.91 Å². The van der Waals surface area contributed by atoms with Crippen LogP contribution in [0.25, 0.3) is 11.1 Å². The Kier molecular flexibility index (Phi) is 4.22. The van der Waals surface area contributed by atoms with Crippen LogP contribution in [0.1, 0.15) is 28.8 Å². The molecule has 27 heavy (non-hydrogen) atoms. The lowest BCUT2D eigenvalue weighted by molar-refractivity contribution is -0.137. The number of primary amides is 1. The number of benzene rings is 1. The van der Waals surface area contributed by atoms with Crippen LogP contribution in [0, 0.1) is 5.92 Å². The standard InChI is InChI=1S/C20H20F3N3O/c21-20(22,23)5-6-26-11-17-8-19(17,12-26)16-3-1-13(2-4-16)14-7-15(18(24)27)10-25-9-14/h1-4,7,9-10,17H,5-6,8,11-12H2,(H2,24,27)/t17-,19+/m0/s1. The summed E-state index contributed by atoms with van der Waals surface area (Å²) in [5, 5.41) is 0. The van der Waals surface area contributed by atoms with Crippen molar-refractivity contribution in [2.45, 2.75) is 24.4 Å². The Labute approximate surface area is 155 Å². The molecule has 2 aliphatic rings. The van der Waals surface area contributed by atoms with Crippen LogP contribution in [-0.2, 0) is 5.41 Å². The SMILES string of the molecule is NC(=O)c1cncc(-c2ccc([C@]34C[C@H]3CN(CCC(F)(F)F)C4)cc2)c1. The molecule has 1 aromatic heterocycles. The third-order valence-corrected chi connectivity index (χ3v) is 5.74. The zero-order chi connectivity index (χ0) is 19.2. The molecule has 0 radical (unpaired) electrons. The largest absolute Gasteiger partial charge is 0.390 e. The zero-order valence-corrected chi connectivity index (χ0v) is 14.7. The lowest BCUT2D eigenvalue weighted by Gasteiger charge is -2.21. The molecule has 1 aliphatic heterocycles. The van der Waals surface area contributed by atoms with E-state index in [4.69, 9.17) is 5.73 Å². The summed E-state index contributed by atoms with van der Waals surface area (Å²) in [4.78, 5) is 17.3. The number of likely N-dealkylation sites (tertiary alicyclic amines) is 1. The summed E-state index contributed by atoms with van der Waals surface area (Å²) >= 11 is 0. The maximum Gasteiger partial charge on any atom is 0.390 e. The van der Waals surface area contributed by atoms with Crippen molar-refractivity contribution in [3.8, 4) is 11.1 Å². The van der Waals surface area contributed by atoms with Gasteiger partial charge in [0, 0.05) is 43.0 Å². The number of hydrogen-bond donors (Lipinski definition) is 1. The van der Waals surface area contributed by atoms with Crippen molar-refractivity contribution in [1.82, 2.24) is 9.88 Å². The van der Waals surface area contributed by atoms with Gasteiger partial charge in [0.05, 0.1) is 12.0 Å². The Morgan fingerprint density at radius 1 is 1.22 bits per heavy atom. The van der Waals surface area contributed by atoms with E-state index in [2.05, 4.69) is 4.98 Å². The van der Waals surface area contributed by atoms with E-state index in [1.54, 1.807) is 12.3 Å². The number of carbonyl (C=O) groups excluding carboxylic acids is 1. The number of piperidine rings is 1. The number of rotatable bonds is 5. The molecular weight excluding hydrogens is 355 g/mol.